The Bertz CT molecular complexity index is 910. The van der Waals surface area contributed by atoms with E-state index < -0.39 is 4.92 Å². The Kier molecular flexibility index (Phi) is 3.76. The number of rotatable bonds is 3. The molecule has 1 N–H and O–H groups in total. The highest BCUT2D eigenvalue weighted by Gasteiger charge is 2.09. The van der Waals surface area contributed by atoms with Gasteiger partial charge in [0, 0.05) is 23.9 Å². The van der Waals surface area contributed by atoms with Crippen LogP contribution in [0.5, 0.6) is 0 Å². The van der Waals surface area contributed by atoms with E-state index in [9.17, 15) is 14.9 Å². The molecule has 0 atom stereocenters. The molecule has 0 amide bonds. The van der Waals surface area contributed by atoms with Gasteiger partial charge in [-0.2, -0.15) is 0 Å². The number of aromatic nitrogens is 1. The van der Waals surface area contributed by atoms with Crippen molar-refractivity contribution in [1.29, 1.82) is 0 Å². The number of aromatic amines is 1. The van der Waals surface area contributed by atoms with Gasteiger partial charge in [-0.1, -0.05) is 29.8 Å². The lowest BCUT2D eigenvalue weighted by Crippen LogP contribution is -2.08. The van der Waals surface area contributed by atoms with Gasteiger partial charge in [0.15, 0.2) is 0 Å². The van der Waals surface area contributed by atoms with Crippen molar-refractivity contribution in [2.24, 2.45) is 0 Å². The number of nitrogens with one attached hydrogen (secondary N) is 1. The minimum absolute atomic E-state index is 0.000122. The van der Waals surface area contributed by atoms with Gasteiger partial charge in [-0.15, -0.1) is 0 Å². The fourth-order valence-electron chi connectivity index (χ4n) is 2.37. The predicted molar refractivity (Wildman–Crippen MR) is 89.3 cm³/mol. The maximum atomic E-state index is 12.1. The number of nitrogens with zero attached hydrogens (tertiary/aromatic N) is 1. The average Bonchev–Trinajstić information content (AvgIpc) is 2.56. The Hall–Kier alpha value is -3.21. The summed E-state index contributed by atoms with van der Waals surface area (Å²) in [4.78, 5) is 25.1. The molecular formula is C18H14N2O3. The largest absolute Gasteiger partial charge is 0.328 e. The Morgan fingerprint density at radius 3 is 2.13 bits per heavy atom. The first-order valence-corrected chi connectivity index (χ1v) is 7.09. The van der Waals surface area contributed by atoms with Crippen LogP contribution in [-0.4, -0.2) is 9.91 Å². The molecule has 3 rings (SSSR count). The van der Waals surface area contributed by atoms with Crippen LogP contribution in [0.3, 0.4) is 0 Å². The molecule has 0 spiro atoms. The number of hydrogen-bond acceptors (Lipinski definition) is 3. The molecule has 23 heavy (non-hydrogen) atoms. The molecule has 0 saturated heterocycles. The number of hydrogen-bond donors (Lipinski definition) is 1. The van der Waals surface area contributed by atoms with E-state index in [1.54, 1.807) is 24.4 Å². The summed E-state index contributed by atoms with van der Waals surface area (Å²) in [5, 5.41) is 10.7. The third kappa shape index (κ3) is 3.03. The maximum absolute atomic E-state index is 12.1. The van der Waals surface area contributed by atoms with Gasteiger partial charge in [-0.25, -0.2) is 0 Å². The van der Waals surface area contributed by atoms with Crippen LogP contribution in [0.15, 0.2) is 65.6 Å². The first-order chi connectivity index (χ1) is 11.0. The summed E-state index contributed by atoms with van der Waals surface area (Å²) < 4.78 is 0. The lowest BCUT2D eigenvalue weighted by molar-refractivity contribution is -0.384. The minimum atomic E-state index is -0.462. The van der Waals surface area contributed by atoms with Gasteiger partial charge in [0.1, 0.15) is 0 Å². The molecule has 5 nitrogen and oxygen atoms in total. The summed E-state index contributed by atoms with van der Waals surface area (Å²) in [6.07, 6.45) is 1.67. The van der Waals surface area contributed by atoms with Crippen molar-refractivity contribution in [3.05, 3.63) is 86.8 Å². The van der Waals surface area contributed by atoms with E-state index in [0.717, 1.165) is 16.7 Å². The number of H-pyrrole nitrogens is 1. The number of aryl methyl sites for hydroxylation is 1. The topological polar surface area (TPSA) is 76.0 Å². The van der Waals surface area contributed by atoms with Gasteiger partial charge in [-0.05, 0) is 41.8 Å². The highest BCUT2D eigenvalue weighted by atomic mass is 16.6. The summed E-state index contributed by atoms with van der Waals surface area (Å²) in [6, 6.07) is 15.7. The Morgan fingerprint density at radius 1 is 0.913 bits per heavy atom. The molecule has 0 radical (unpaired) electrons. The van der Waals surface area contributed by atoms with Crippen molar-refractivity contribution in [3.63, 3.8) is 0 Å². The zero-order valence-electron chi connectivity index (χ0n) is 12.4. The van der Waals surface area contributed by atoms with Gasteiger partial charge in [0.2, 0.25) is 0 Å². The first kappa shape index (κ1) is 14.7. The fraction of sp³-hybridized carbons (Fsp3) is 0.0556. The van der Waals surface area contributed by atoms with E-state index in [-0.39, 0.29) is 11.2 Å². The van der Waals surface area contributed by atoms with Crippen molar-refractivity contribution in [2.75, 3.05) is 0 Å². The van der Waals surface area contributed by atoms with E-state index in [1.165, 1.54) is 12.1 Å². The number of non-ortho nitro benzene ring substituents is 1. The van der Waals surface area contributed by atoms with Crippen LogP contribution in [0.25, 0.3) is 22.3 Å². The van der Waals surface area contributed by atoms with Gasteiger partial charge < -0.3 is 4.98 Å². The molecule has 1 heterocycles. The molecule has 0 fully saturated rings. The van der Waals surface area contributed by atoms with E-state index >= 15 is 0 Å². The summed E-state index contributed by atoms with van der Waals surface area (Å²) in [7, 11) is 0. The quantitative estimate of drug-likeness (QED) is 0.588. The normalized spacial score (nSPS) is 10.5. The van der Waals surface area contributed by atoms with Crippen LogP contribution in [0.2, 0.25) is 0 Å². The molecule has 5 heteroatoms. The van der Waals surface area contributed by atoms with Crippen molar-refractivity contribution < 1.29 is 4.92 Å². The van der Waals surface area contributed by atoms with Crippen LogP contribution in [0.4, 0.5) is 5.69 Å². The van der Waals surface area contributed by atoms with E-state index in [0.29, 0.717) is 11.1 Å². The van der Waals surface area contributed by atoms with Gasteiger partial charge >= 0.3 is 0 Å². The monoisotopic (exact) mass is 306 g/mol. The van der Waals surface area contributed by atoms with Crippen molar-refractivity contribution in [3.8, 4) is 22.3 Å². The van der Waals surface area contributed by atoms with Gasteiger partial charge in [0.25, 0.3) is 11.2 Å². The van der Waals surface area contributed by atoms with E-state index in [1.807, 2.05) is 31.2 Å². The zero-order chi connectivity index (χ0) is 16.4. The molecule has 1 aromatic heterocycles. The van der Waals surface area contributed by atoms with Crippen LogP contribution in [0.1, 0.15) is 5.56 Å². The smallest absolute Gasteiger partial charge is 0.269 e. The minimum Gasteiger partial charge on any atom is -0.328 e. The SMILES string of the molecule is Cc1ccc(-c2c[nH]c(=O)c(-c3ccc([N+](=O)[O-])cc3)c2)cc1. The molecular weight excluding hydrogens is 292 g/mol. The standard InChI is InChI=1S/C18H14N2O3/c1-12-2-4-13(5-3-12)15-10-17(18(21)19-11-15)14-6-8-16(9-7-14)20(22)23/h2-11H,1H3,(H,19,21). The molecule has 0 aliphatic rings. The second kappa shape index (κ2) is 5.88. The van der Waals surface area contributed by atoms with E-state index in [2.05, 4.69) is 4.98 Å². The highest BCUT2D eigenvalue weighted by molar-refractivity contribution is 5.72. The predicted octanol–water partition coefficient (Wildman–Crippen LogP) is 3.93. The summed E-state index contributed by atoms with van der Waals surface area (Å²) in [6.45, 7) is 2.01. The molecule has 114 valence electrons. The molecule has 0 unspecified atom stereocenters. The molecule has 0 aliphatic carbocycles. The Balaban J connectivity index is 2.05. The third-order valence-corrected chi connectivity index (χ3v) is 3.68. The second-order valence-corrected chi connectivity index (χ2v) is 5.30. The Labute approximate surface area is 132 Å². The van der Waals surface area contributed by atoms with Crippen molar-refractivity contribution >= 4 is 5.69 Å². The summed E-state index contributed by atoms with van der Waals surface area (Å²) >= 11 is 0. The molecule has 0 aliphatic heterocycles. The fourth-order valence-corrected chi connectivity index (χ4v) is 2.37. The molecule has 0 saturated carbocycles. The summed E-state index contributed by atoms with van der Waals surface area (Å²) in [5.74, 6) is 0. The molecule has 0 bridgehead atoms. The number of benzene rings is 2. The number of nitro groups is 1. The van der Waals surface area contributed by atoms with Crippen LogP contribution < -0.4 is 5.56 Å². The van der Waals surface area contributed by atoms with Crippen molar-refractivity contribution in [1.82, 2.24) is 4.98 Å². The van der Waals surface area contributed by atoms with Crippen LogP contribution in [-0.2, 0) is 0 Å². The number of nitro benzene ring substituents is 1. The average molecular weight is 306 g/mol. The first-order valence-electron chi connectivity index (χ1n) is 7.09. The lowest BCUT2D eigenvalue weighted by atomic mass is 10.0. The highest BCUT2D eigenvalue weighted by Crippen LogP contribution is 2.24. The van der Waals surface area contributed by atoms with Crippen LogP contribution in [0, 0.1) is 17.0 Å². The van der Waals surface area contributed by atoms with Crippen LogP contribution >= 0.6 is 0 Å². The molecule has 2 aromatic carbocycles. The van der Waals surface area contributed by atoms with Gasteiger partial charge in [0.05, 0.1) is 4.92 Å². The van der Waals surface area contributed by atoms with E-state index in [4.69, 9.17) is 0 Å². The Morgan fingerprint density at radius 2 is 1.52 bits per heavy atom. The third-order valence-electron chi connectivity index (χ3n) is 3.68. The zero-order valence-corrected chi connectivity index (χ0v) is 12.4. The number of pyridine rings is 1. The maximum Gasteiger partial charge on any atom is 0.269 e. The van der Waals surface area contributed by atoms with Crippen molar-refractivity contribution in [2.45, 2.75) is 6.92 Å². The second-order valence-electron chi connectivity index (χ2n) is 5.30. The van der Waals surface area contributed by atoms with Gasteiger partial charge in [-0.3, -0.25) is 14.9 Å². The molecule has 3 aromatic rings. The summed E-state index contributed by atoms with van der Waals surface area (Å²) in [5.41, 5.74) is 3.94. The lowest BCUT2D eigenvalue weighted by Gasteiger charge is -2.06.